The third-order valence-corrected chi connectivity index (χ3v) is 8.52. The number of anilines is 2. The van der Waals surface area contributed by atoms with Gasteiger partial charge in [-0.05, 0) is 75.3 Å². The van der Waals surface area contributed by atoms with Crippen molar-refractivity contribution in [3.8, 4) is 0 Å². The number of benzene rings is 1. The van der Waals surface area contributed by atoms with Crippen LogP contribution in [-0.4, -0.2) is 52.6 Å². The average Bonchev–Trinajstić information content (AvgIpc) is 3.26. The molecule has 44 heavy (non-hydrogen) atoms. The van der Waals surface area contributed by atoms with Crippen LogP contribution in [0.1, 0.15) is 76.3 Å². The second kappa shape index (κ2) is 14.4. The Morgan fingerprint density at radius 2 is 1.64 bits per heavy atom. The zero-order valence-electron chi connectivity index (χ0n) is 25.4. The number of esters is 1. The van der Waals surface area contributed by atoms with Crippen molar-refractivity contribution in [2.45, 2.75) is 70.8 Å². The standard InChI is InChI=1S/C19H17Cl2NO4.C12H20N4O2/c1-2-26-19(25)16(21)10-11-9-12(7-8-15(11)20)22-17(23)13-5-3-4-6-14(13)18(22)24;1-14(2)10-13-11(17)16(12(18)15(10)3)9-7-5-4-6-8-9/h7-10H,2-6H2,1H3;9H,4-8H2,1-3H3/b16-10-;. The number of hydrogen-bond acceptors (Lipinski definition) is 8. The van der Waals surface area contributed by atoms with Gasteiger partial charge in [0.1, 0.15) is 5.03 Å². The molecule has 2 heterocycles. The molecule has 0 saturated heterocycles. The fraction of sp³-hybridized carbons (Fsp3) is 0.484. The molecule has 2 aliphatic carbocycles. The zero-order chi connectivity index (χ0) is 32.1. The summed E-state index contributed by atoms with van der Waals surface area (Å²) in [7, 11) is 5.20. The van der Waals surface area contributed by atoms with Crippen LogP contribution in [0.5, 0.6) is 0 Å². The van der Waals surface area contributed by atoms with Gasteiger partial charge in [-0.15, -0.1) is 0 Å². The van der Waals surface area contributed by atoms with Gasteiger partial charge in [-0.25, -0.2) is 23.9 Å². The van der Waals surface area contributed by atoms with Gasteiger partial charge in [0.15, 0.2) is 0 Å². The Hall–Kier alpha value is -3.70. The Morgan fingerprint density at radius 1 is 1.02 bits per heavy atom. The smallest absolute Gasteiger partial charge is 0.355 e. The Kier molecular flexibility index (Phi) is 10.9. The predicted molar refractivity (Wildman–Crippen MR) is 170 cm³/mol. The zero-order valence-corrected chi connectivity index (χ0v) is 26.9. The van der Waals surface area contributed by atoms with Crippen LogP contribution in [0.2, 0.25) is 5.02 Å². The molecule has 2 amide bonds. The van der Waals surface area contributed by atoms with Gasteiger partial charge < -0.3 is 9.64 Å². The summed E-state index contributed by atoms with van der Waals surface area (Å²) in [5, 5.41) is 0.204. The summed E-state index contributed by atoms with van der Waals surface area (Å²) in [5.74, 6) is -0.824. The molecule has 11 nitrogen and oxygen atoms in total. The van der Waals surface area contributed by atoms with E-state index >= 15 is 0 Å². The molecule has 1 saturated carbocycles. The van der Waals surface area contributed by atoms with Crippen LogP contribution in [0.3, 0.4) is 0 Å². The maximum atomic E-state index is 12.7. The minimum Gasteiger partial charge on any atom is -0.462 e. The minimum atomic E-state index is -0.666. The van der Waals surface area contributed by atoms with Crippen LogP contribution in [0.4, 0.5) is 11.6 Å². The molecule has 0 atom stereocenters. The molecule has 1 aromatic carbocycles. The van der Waals surface area contributed by atoms with Gasteiger partial charge in [0.25, 0.3) is 11.8 Å². The van der Waals surface area contributed by atoms with Crippen molar-refractivity contribution in [3.63, 3.8) is 0 Å². The Labute approximate surface area is 265 Å². The SMILES string of the molecule is CCOC(=O)/C(Cl)=C/c1cc(N2C(=O)C3=C(CCCC3)C2=O)ccc1Cl.CN(C)c1nc(=O)n(C2CCCCC2)c(=O)n1C. The number of carbonyl (C=O) groups excluding carboxylic acids is 3. The Morgan fingerprint density at radius 3 is 2.20 bits per heavy atom. The molecule has 236 valence electrons. The van der Waals surface area contributed by atoms with Crippen LogP contribution in [-0.2, 0) is 26.2 Å². The number of ether oxygens (including phenoxy) is 1. The van der Waals surface area contributed by atoms with Crippen LogP contribution < -0.4 is 21.2 Å². The van der Waals surface area contributed by atoms with E-state index in [9.17, 15) is 24.0 Å². The van der Waals surface area contributed by atoms with Crippen molar-refractivity contribution < 1.29 is 19.1 Å². The summed E-state index contributed by atoms with van der Waals surface area (Å²) in [6.07, 6.45) is 9.60. The largest absolute Gasteiger partial charge is 0.462 e. The average molecular weight is 647 g/mol. The fourth-order valence-corrected chi connectivity index (χ4v) is 6.09. The molecule has 0 unspecified atom stereocenters. The maximum Gasteiger partial charge on any atom is 0.355 e. The van der Waals surface area contributed by atoms with Crippen molar-refractivity contribution >= 4 is 58.7 Å². The number of aromatic nitrogens is 3. The first-order chi connectivity index (χ1) is 21.0. The fourth-order valence-electron chi connectivity index (χ4n) is 5.75. The highest BCUT2D eigenvalue weighted by Crippen LogP contribution is 2.37. The quantitative estimate of drug-likeness (QED) is 0.251. The van der Waals surface area contributed by atoms with Crippen LogP contribution in [0.25, 0.3) is 6.08 Å². The van der Waals surface area contributed by atoms with Crippen molar-refractivity contribution in [2.75, 3.05) is 30.5 Å². The van der Waals surface area contributed by atoms with E-state index in [1.54, 1.807) is 51.2 Å². The molecule has 1 aromatic heterocycles. The molecule has 2 aromatic rings. The molecule has 3 aliphatic rings. The van der Waals surface area contributed by atoms with E-state index in [0.717, 1.165) is 38.5 Å². The minimum absolute atomic E-state index is 0.0219. The third-order valence-electron chi connectivity index (χ3n) is 7.92. The van der Waals surface area contributed by atoms with E-state index in [1.165, 1.54) is 26.5 Å². The molecule has 1 aliphatic heterocycles. The van der Waals surface area contributed by atoms with Gasteiger partial charge in [0.2, 0.25) is 5.95 Å². The van der Waals surface area contributed by atoms with Gasteiger partial charge in [-0.1, -0.05) is 42.5 Å². The highest BCUT2D eigenvalue weighted by Gasteiger charge is 2.39. The van der Waals surface area contributed by atoms with Crippen molar-refractivity contribution in [2.24, 2.45) is 7.05 Å². The van der Waals surface area contributed by atoms with Gasteiger partial charge in [-0.3, -0.25) is 14.2 Å². The van der Waals surface area contributed by atoms with Crippen molar-refractivity contribution in [3.05, 3.63) is 65.9 Å². The summed E-state index contributed by atoms with van der Waals surface area (Å²) in [6.45, 7) is 1.87. The molecule has 0 bridgehead atoms. The summed E-state index contributed by atoms with van der Waals surface area (Å²) in [5.41, 5.74) is 1.36. The Balaban J connectivity index is 0.000000215. The van der Waals surface area contributed by atoms with Gasteiger partial charge in [0, 0.05) is 43.4 Å². The first-order valence-electron chi connectivity index (χ1n) is 14.8. The van der Waals surface area contributed by atoms with E-state index < -0.39 is 11.7 Å². The highest BCUT2D eigenvalue weighted by molar-refractivity contribution is 6.43. The molecule has 5 rings (SSSR count). The van der Waals surface area contributed by atoms with Crippen LogP contribution >= 0.6 is 23.2 Å². The van der Waals surface area contributed by atoms with Crippen LogP contribution in [0, 0.1) is 0 Å². The number of rotatable bonds is 6. The third kappa shape index (κ3) is 6.99. The summed E-state index contributed by atoms with van der Waals surface area (Å²) in [4.78, 5) is 68.2. The van der Waals surface area contributed by atoms with Gasteiger partial charge in [0.05, 0.1) is 12.3 Å². The normalized spacial score (nSPS) is 17.3. The lowest BCUT2D eigenvalue weighted by atomic mass is 9.93. The number of carbonyl (C=O) groups is 3. The number of halogens is 2. The monoisotopic (exact) mass is 645 g/mol. The number of hydrogen-bond donors (Lipinski definition) is 0. The molecular weight excluding hydrogens is 609 g/mol. The first-order valence-corrected chi connectivity index (χ1v) is 15.5. The van der Waals surface area contributed by atoms with Crippen molar-refractivity contribution in [1.29, 1.82) is 0 Å². The summed E-state index contributed by atoms with van der Waals surface area (Å²) >= 11 is 12.1. The van der Waals surface area contributed by atoms with E-state index in [-0.39, 0.29) is 35.2 Å². The lowest BCUT2D eigenvalue weighted by Crippen LogP contribution is -2.45. The number of imide groups is 1. The Bertz CT molecular complexity index is 1610. The topological polar surface area (TPSA) is 124 Å². The summed E-state index contributed by atoms with van der Waals surface area (Å²) in [6, 6.07) is 4.76. The molecule has 1 fully saturated rings. The van der Waals surface area contributed by atoms with E-state index in [0.29, 0.717) is 46.2 Å². The molecular formula is C31H37Cl2N5O6. The molecule has 0 N–H and O–H groups in total. The maximum absolute atomic E-state index is 12.7. The van der Waals surface area contributed by atoms with Crippen LogP contribution in [0.15, 0.2) is 44.0 Å². The molecule has 0 radical (unpaired) electrons. The van der Waals surface area contributed by atoms with Gasteiger partial charge in [-0.2, -0.15) is 4.98 Å². The molecule has 0 spiro atoms. The van der Waals surface area contributed by atoms with Crippen molar-refractivity contribution in [1.82, 2.24) is 14.1 Å². The van der Waals surface area contributed by atoms with E-state index in [4.69, 9.17) is 27.9 Å². The lowest BCUT2D eigenvalue weighted by molar-refractivity contribution is -0.137. The molecule has 13 heteroatoms. The van der Waals surface area contributed by atoms with Gasteiger partial charge >= 0.3 is 17.3 Å². The number of nitrogens with zero attached hydrogens (tertiary/aromatic N) is 5. The number of amides is 2. The predicted octanol–water partition coefficient (Wildman–Crippen LogP) is 4.74. The highest BCUT2D eigenvalue weighted by atomic mass is 35.5. The second-order valence-electron chi connectivity index (χ2n) is 11.1. The lowest BCUT2D eigenvalue weighted by Gasteiger charge is -2.24. The van der Waals surface area contributed by atoms with E-state index in [1.807, 2.05) is 0 Å². The summed E-state index contributed by atoms with van der Waals surface area (Å²) < 4.78 is 7.60. The second-order valence-corrected chi connectivity index (χ2v) is 11.9. The van der Waals surface area contributed by atoms with E-state index in [2.05, 4.69) is 4.98 Å². The first kappa shape index (κ1) is 33.2.